The van der Waals surface area contributed by atoms with E-state index < -0.39 is 0 Å². The predicted molar refractivity (Wildman–Crippen MR) is 137 cm³/mol. The number of hydrogen-bond acceptors (Lipinski definition) is 0. The third-order valence-electron chi connectivity index (χ3n) is 4.08. The van der Waals surface area contributed by atoms with Gasteiger partial charge in [0.05, 0.1) is 0 Å². The molecule has 0 amide bonds. The first-order valence-corrected chi connectivity index (χ1v) is 11.8. The second-order valence-corrected chi connectivity index (χ2v) is 15.2. The highest BCUT2D eigenvalue weighted by molar-refractivity contribution is 14.3. The highest BCUT2D eigenvalue weighted by Crippen LogP contribution is 2.34. The second-order valence-electron chi connectivity index (χ2n) is 5.42. The fraction of sp³-hybridized carbons (Fsp3) is 0. The summed E-state index contributed by atoms with van der Waals surface area (Å²) in [4.78, 5) is 0. The fourth-order valence-electron chi connectivity index (χ4n) is 3.14. The molecule has 0 spiro atoms. The van der Waals surface area contributed by atoms with Gasteiger partial charge in [-0.3, -0.25) is 0 Å². The van der Waals surface area contributed by atoms with Crippen LogP contribution in [0.15, 0.2) is 48.5 Å². The van der Waals surface area contributed by atoms with E-state index in [1.165, 1.54) is 43.2 Å². The van der Waals surface area contributed by atoms with Gasteiger partial charge in [0, 0.05) is 0 Å². The fourth-order valence-corrected chi connectivity index (χ4v) is 4.58. The Labute approximate surface area is 183 Å². The highest BCUT2D eigenvalue weighted by Gasteiger charge is 2.15. The Hall–Kier alpha value is 0.970. The minimum atomic E-state index is 0.502. The van der Waals surface area contributed by atoms with Crippen LogP contribution in [-0.4, -0.2) is 4.85 Å². The molecule has 0 saturated heterocycles. The zero-order valence-corrected chi connectivity index (χ0v) is 19.9. The maximum Gasteiger partial charge on any atom is 0.320 e. The Morgan fingerprint density at radius 2 is 0.773 bits per heavy atom. The molecule has 0 nitrogen and oxygen atoms in total. The molecule has 0 saturated carbocycles. The largest absolute Gasteiger partial charge is 0.320 e. The molecule has 0 unspecified atom stereocenters. The van der Waals surface area contributed by atoms with Crippen molar-refractivity contribution in [2.75, 3.05) is 0 Å². The summed E-state index contributed by atoms with van der Waals surface area (Å²) in [6.07, 6.45) is 0. The van der Waals surface area contributed by atoms with Gasteiger partial charge >= 0.3 is 4.85 Å². The third-order valence-corrected chi connectivity index (χ3v) is 6.96. The van der Waals surface area contributed by atoms with E-state index in [4.69, 9.17) is 0 Å². The molecule has 22 heavy (non-hydrogen) atoms. The maximum absolute atomic E-state index is 2.48. The summed E-state index contributed by atoms with van der Waals surface area (Å²) in [5.41, 5.74) is 2.79. The smallest absolute Gasteiger partial charge is 0.127 e. The standard InChI is InChI=1S/C16H8B2I4/c19-17(20)13-5-9-1-2-10-6-14(18(21)22)8-12-4-3-11(7-13)15(9)16(10)12/h1-8H. The summed E-state index contributed by atoms with van der Waals surface area (Å²) < 4.78 is 1.00. The van der Waals surface area contributed by atoms with Crippen molar-refractivity contribution < 1.29 is 0 Å². The summed E-state index contributed by atoms with van der Waals surface area (Å²) >= 11 is 9.92. The zero-order valence-electron chi connectivity index (χ0n) is 11.3. The van der Waals surface area contributed by atoms with Crippen LogP contribution >= 0.6 is 89.5 Å². The van der Waals surface area contributed by atoms with Crippen LogP contribution in [-0.2, 0) is 0 Å². The van der Waals surface area contributed by atoms with Gasteiger partial charge in [-0.2, -0.15) is 0 Å². The zero-order chi connectivity index (χ0) is 15.4. The van der Waals surface area contributed by atoms with E-state index in [1.54, 1.807) is 0 Å². The van der Waals surface area contributed by atoms with Gasteiger partial charge in [0.1, 0.15) is 0 Å². The van der Waals surface area contributed by atoms with Crippen molar-refractivity contribution in [3.05, 3.63) is 48.5 Å². The Morgan fingerprint density at radius 3 is 1.00 bits per heavy atom. The lowest BCUT2D eigenvalue weighted by Gasteiger charge is -2.14. The molecule has 0 aliphatic heterocycles. The number of hydrogen-bond donors (Lipinski definition) is 0. The van der Waals surface area contributed by atoms with Crippen molar-refractivity contribution in [1.29, 1.82) is 0 Å². The van der Waals surface area contributed by atoms with E-state index in [1.807, 2.05) is 0 Å². The average Bonchev–Trinajstić information content (AvgIpc) is 2.51. The van der Waals surface area contributed by atoms with Gasteiger partial charge in [-0.1, -0.05) is 59.5 Å². The van der Waals surface area contributed by atoms with Crippen LogP contribution in [0.3, 0.4) is 0 Å². The molecule has 6 heteroatoms. The summed E-state index contributed by atoms with van der Waals surface area (Å²) in [6.45, 7) is 0. The first kappa shape index (κ1) is 16.4. The van der Waals surface area contributed by atoms with Crippen molar-refractivity contribution in [3.8, 4) is 0 Å². The van der Waals surface area contributed by atoms with Crippen LogP contribution < -0.4 is 10.9 Å². The van der Waals surface area contributed by atoms with Crippen LogP contribution in [0.25, 0.3) is 32.3 Å². The molecule has 4 aromatic carbocycles. The monoisotopic (exact) mass is 730 g/mol. The van der Waals surface area contributed by atoms with E-state index in [9.17, 15) is 0 Å². The number of benzene rings is 4. The molecule has 0 N–H and O–H groups in total. The highest BCUT2D eigenvalue weighted by atomic mass is 127. The van der Waals surface area contributed by atoms with Crippen LogP contribution in [0.1, 0.15) is 0 Å². The topological polar surface area (TPSA) is 0 Å². The van der Waals surface area contributed by atoms with Crippen LogP contribution in [0, 0.1) is 0 Å². The molecule has 106 valence electrons. The lowest BCUT2D eigenvalue weighted by Crippen LogP contribution is -2.17. The summed E-state index contributed by atoms with van der Waals surface area (Å²) in [6, 6.07) is 18.5. The molecule has 0 heterocycles. The SMILES string of the molecule is IB(I)c1cc2ccc3cc(B(I)I)cc4ccc(c1)c2c34. The van der Waals surface area contributed by atoms with E-state index in [-0.39, 0.29) is 0 Å². The molecule has 4 aromatic rings. The minimum Gasteiger partial charge on any atom is -0.127 e. The lowest BCUT2D eigenvalue weighted by molar-refractivity contribution is 1.83. The number of halogens is 4. The molecule has 0 fully saturated rings. The van der Waals surface area contributed by atoms with Gasteiger partial charge in [-0.05, 0) is 32.3 Å². The molecule has 0 atom stereocenters. The minimum absolute atomic E-state index is 0.502. The van der Waals surface area contributed by atoms with Crippen molar-refractivity contribution in [3.63, 3.8) is 0 Å². The summed E-state index contributed by atoms with van der Waals surface area (Å²) in [5.74, 6) is 0. The van der Waals surface area contributed by atoms with E-state index >= 15 is 0 Å². The molecule has 0 aliphatic carbocycles. The molecule has 0 aliphatic rings. The van der Waals surface area contributed by atoms with Crippen LogP contribution in [0.2, 0.25) is 0 Å². The van der Waals surface area contributed by atoms with Crippen LogP contribution in [0.4, 0.5) is 0 Å². The maximum atomic E-state index is 2.48. The van der Waals surface area contributed by atoms with Gasteiger partial charge in [0.25, 0.3) is 0 Å². The van der Waals surface area contributed by atoms with Gasteiger partial charge in [0.2, 0.25) is 0 Å². The van der Waals surface area contributed by atoms with E-state index in [0.29, 0.717) is 4.85 Å². The third kappa shape index (κ3) is 2.77. The number of rotatable bonds is 2. The molecule has 4 rings (SSSR count). The van der Waals surface area contributed by atoms with Crippen molar-refractivity contribution in [2.45, 2.75) is 0 Å². The van der Waals surface area contributed by atoms with Crippen molar-refractivity contribution in [1.82, 2.24) is 0 Å². The Kier molecular flexibility index (Phi) is 4.75. The molecule has 0 bridgehead atoms. The van der Waals surface area contributed by atoms with Gasteiger partial charge in [-0.25, -0.2) is 0 Å². The van der Waals surface area contributed by atoms with Crippen LogP contribution in [0.5, 0.6) is 0 Å². The summed E-state index contributed by atoms with van der Waals surface area (Å²) in [7, 11) is 0. The van der Waals surface area contributed by atoms with Gasteiger partial charge < -0.3 is 0 Å². The Morgan fingerprint density at radius 1 is 0.500 bits per heavy atom. The van der Waals surface area contributed by atoms with E-state index in [0.717, 1.165) is 0 Å². The molecule has 0 aromatic heterocycles. The van der Waals surface area contributed by atoms with Crippen molar-refractivity contribution >= 4 is 138 Å². The Balaban J connectivity index is 2.17. The predicted octanol–water partition coefficient (Wildman–Crippen LogP) is 5.71. The molecule has 0 radical (unpaired) electrons. The first-order chi connectivity index (χ1) is 10.5. The molecular weight excluding hydrogens is 721 g/mol. The Bertz CT molecular complexity index is 850. The lowest BCUT2D eigenvalue weighted by atomic mass is 9.85. The van der Waals surface area contributed by atoms with Gasteiger partial charge in [-0.15, -0.1) is 89.5 Å². The van der Waals surface area contributed by atoms with E-state index in [2.05, 4.69) is 138 Å². The summed E-state index contributed by atoms with van der Waals surface area (Å²) in [5, 5.41) is 8.26. The average molecular weight is 729 g/mol. The van der Waals surface area contributed by atoms with Crippen molar-refractivity contribution in [2.24, 2.45) is 0 Å². The molecular formula is C16H8B2I4. The first-order valence-electron chi connectivity index (χ1n) is 6.83. The normalized spacial score (nSPS) is 11.6. The van der Waals surface area contributed by atoms with Gasteiger partial charge in [0.15, 0.2) is 0 Å². The quantitative estimate of drug-likeness (QED) is 0.141. The second kappa shape index (κ2) is 6.36.